The van der Waals surface area contributed by atoms with E-state index in [4.69, 9.17) is 5.73 Å². The fourth-order valence-corrected chi connectivity index (χ4v) is 1.74. The predicted octanol–water partition coefficient (Wildman–Crippen LogP) is 2.26. The van der Waals surface area contributed by atoms with Gasteiger partial charge in [0.15, 0.2) is 5.78 Å². The van der Waals surface area contributed by atoms with Gasteiger partial charge >= 0.3 is 0 Å². The Balaban J connectivity index is 2.30. The molecule has 1 aliphatic carbocycles. The number of nitrogens with two attached hydrogens (primary N) is 1. The molecule has 15 heavy (non-hydrogen) atoms. The van der Waals surface area contributed by atoms with E-state index in [1.165, 1.54) is 0 Å². The van der Waals surface area contributed by atoms with Gasteiger partial charge in [-0.2, -0.15) is 0 Å². The molecule has 1 atom stereocenters. The Kier molecular flexibility index (Phi) is 2.64. The van der Waals surface area contributed by atoms with Crippen LogP contribution in [0.4, 0.5) is 4.39 Å². The lowest BCUT2D eigenvalue weighted by Gasteiger charge is -2.06. The fourth-order valence-electron chi connectivity index (χ4n) is 1.74. The number of alkyl halides is 1. The van der Waals surface area contributed by atoms with E-state index in [0.29, 0.717) is 5.56 Å². The van der Waals surface area contributed by atoms with Crippen LogP contribution in [0, 0.1) is 0 Å². The molecule has 0 heterocycles. The second-order valence-electron chi connectivity index (χ2n) is 3.59. The van der Waals surface area contributed by atoms with E-state index in [-0.39, 0.29) is 18.2 Å². The first-order valence-corrected chi connectivity index (χ1v) is 4.89. The van der Waals surface area contributed by atoms with E-state index in [9.17, 15) is 9.18 Å². The molecule has 0 aliphatic heterocycles. The maximum absolute atomic E-state index is 12.0. The van der Waals surface area contributed by atoms with Crippen molar-refractivity contribution in [2.45, 2.75) is 12.5 Å². The molecule has 0 fully saturated rings. The number of hydrogen-bond acceptors (Lipinski definition) is 2. The van der Waals surface area contributed by atoms with Gasteiger partial charge in [-0.25, -0.2) is 0 Å². The highest BCUT2D eigenvalue weighted by Crippen LogP contribution is 2.27. The largest absolute Gasteiger partial charge is 0.321 e. The van der Waals surface area contributed by atoms with Crippen LogP contribution in [-0.2, 0) is 0 Å². The van der Waals surface area contributed by atoms with Gasteiger partial charge in [0.05, 0.1) is 6.67 Å². The minimum absolute atomic E-state index is 0.0471. The van der Waals surface area contributed by atoms with Crippen LogP contribution in [0.15, 0.2) is 24.3 Å². The van der Waals surface area contributed by atoms with Crippen molar-refractivity contribution in [1.82, 2.24) is 0 Å². The Hall–Kier alpha value is -1.48. The van der Waals surface area contributed by atoms with Crippen molar-refractivity contribution >= 4 is 11.9 Å². The normalized spacial score (nSPS) is 17.9. The summed E-state index contributed by atoms with van der Waals surface area (Å²) in [5.74, 6) is -0.158. The molecule has 3 heteroatoms. The van der Waals surface area contributed by atoms with E-state index in [2.05, 4.69) is 0 Å². The summed E-state index contributed by atoms with van der Waals surface area (Å²) in [7, 11) is 0. The number of halogens is 1. The van der Waals surface area contributed by atoms with Crippen molar-refractivity contribution in [2.24, 2.45) is 5.73 Å². The monoisotopic (exact) mass is 205 g/mol. The Labute approximate surface area is 87.6 Å². The lowest BCUT2D eigenvalue weighted by molar-refractivity contribution is 0.0974. The molecule has 0 spiro atoms. The van der Waals surface area contributed by atoms with E-state index in [1.807, 2.05) is 18.2 Å². The number of rotatable bonds is 3. The summed E-state index contributed by atoms with van der Waals surface area (Å²) in [5, 5.41) is 0. The Morgan fingerprint density at radius 3 is 3.00 bits per heavy atom. The molecule has 1 aromatic rings. The molecule has 0 amide bonds. The standard InChI is InChI=1S/C12H12FNO/c13-6-5-12(15)9-1-3-10-8(7-9)2-4-11(10)14/h1-4,7,11H,5-6,14H2/t11-/m1/s1. The summed E-state index contributed by atoms with van der Waals surface area (Å²) in [6.45, 7) is -0.606. The third kappa shape index (κ3) is 1.83. The Morgan fingerprint density at radius 1 is 1.47 bits per heavy atom. The number of fused-ring (bicyclic) bond motifs is 1. The molecule has 2 nitrogen and oxygen atoms in total. The van der Waals surface area contributed by atoms with E-state index in [0.717, 1.165) is 11.1 Å². The topological polar surface area (TPSA) is 43.1 Å². The Bertz CT molecular complexity index is 426. The van der Waals surface area contributed by atoms with Gasteiger partial charge in [0.1, 0.15) is 0 Å². The van der Waals surface area contributed by atoms with Crippen LogP contribution >= 0.6 is 0 Å². The van der Waals surface area contributed by atoms with Crippen LogP contribution in [0.2, 0.25) is 0 Å². The molecule has 2 N–H and O–H groups in total. The first-order chi connectivity index (χ1) is 7.22. The molecule has 0 saturated heterocycles. The summed E-state index contributed by atoms with van der Waals surface area (Å²) in [6.07, 6.45) is 3.73. The molecule has 1 aliphatic rings. The summed E-state index contributed by atoms with van der Waals surface area (Å²) < 4.78 is 12.0. The lowest BCUT2D eigenvalue weighted by Crippen LogP contribution is -2.06. The van der Waals surface area contributed by atoms with Crippen molar-refractivity contribution in [3.63, 3.8) is 0 Å². The van der Waals surface area contributed by atoms with E-state index >= 15 is 0 Å². The summed E-state index contributed by atoms with van der Waals surface area (Å²) >= 11 is 0. The summed E-state index contributed by atoms with van der Waals surface area (Å²) in [6, 6.07) is 5.25. The van der Waals surface area contributed by atoms with Crippen molar-refractivity contribution < 1.29 is 9.18 Å². The predicted molar refractivity (Wildman–Crippen MR) is 57.3 cm³/mol. The summed E-state index contributed by atoms with van der Waals surface area (Å²) in [5.41, 5.74) is 8.34. The van der Waals surface area contributed by atoms with Crippen LogP contribution in [0.3, 0.4) is 0 Å². The SMILES string of the molecule is N[C@@H]1C=Cc2cc(C(=O)CCF)ccc21. The third-order valence-corrected chi connectivity index (χ3v) is 2.57. The number of hydrogen-bond donors (Lipinski definition) is 1. The molecule has 78 valence electrons. The van der Waals surface area contributed by atoms with Crippen molar-refractivity contribution in [2.75, 3.05) is 6.67 Å². The highest BCUT2D eigenvalue weighted by molar-refractivity contribution is 5.97. The van der Waals surface area contributed by atoms with Gasteiger partial charge in [0.25, 0.3) is 0 Å². The third-order valence-electron chi connectivity index (χ3n) is 2.57. The minimum Gasteiger partial charge on any atom is -0.321 e. The molecule has 0 saturated carbocycles. The first kappa shape index (κ1) is 10.1. The Morgan fingerprint density at radius 2 is 2.27 bits per heavy atom. The van der Waals surface area contributed by atoms with Gasteiger partial charge in [0.2, 0.25) is 0 Å². The van der Waals surface area contributed by atoms with Crippen molar-refractivity contribution in [3.8, 4) is 0 Å². The molecule has 0 aromatic heterocycles. The van der Waals surface area contributed by atoms with E-state index in [1.54, 1.807) is 12.1 Å². The van der Waals surface area contributed by atoms with Crippen LogP contribution in [0.25, 0.3) is 6.08 Å². The highest BCUT2D eigenvalue weighted by atomic mass is 19.1. The van der Waals surface area contributed by atoms with Crippen LogP contribution in [-0.4, -0.2) is 12.5 Å². The number of carbonyl (C=O) groups is 1. The number of ketones is 1. The van der Waals surface area contributed by atoms with Crippen molar-refractivity contribution in [3.05, 3.63) is 41.0 Å². The molecular weight excluding hydrogens is 193 g/mol. The zero-order valence-corrected chi connectivity index (χ0v) is 8.24. The van der Waals surface area contributed by atoms with Gasteiger partial charge in [0, 0.05) is 18.0 Å². The molecular formula is C12H12FNO. The smallest absolute Gasteiger partial charge is 0.165 e. The maximum atomic E-state index is 12.0. The van der Waals surface area contributed by atoms with Gasteiger partial charge in [-0.05, 0) is 17.2 Å². The fraction of sp³-hybridized carbons (Fsp3) is 0.250. The van der Waals surface area contributed by atoms with Crippen LogP contribution < -0.4 is 5.73 Å². The second-order valence-corrected chi connectivity index (χ2v) is 3.59. The zero-order valence-electron chi connectivity index (χ0n) is 8.24. The maximum Gasteiger partial charge on any atom is 0.165 e. The number of benzene rings is 1. The summed E-state index contributed by atoms with van der Waals surface area (Å²) in [4.78, 5) is 11.4. The molecule has 1 aromatic carbocycles. The van der Waals surface area contributed by atoms with Crippen LogP contribution in [0.1, 0.15) is 33.9 Å². The molecule has 2 rings (SSSR count). The van der Waals surface area contributed by atoms with Crippen LogP contribution in [0.5, 0.6) is 0 Å². The second kappa shape index (κ2) is 3.95. The average molecular weight is 205 g/mol. The minimum atomic E-state index is -0.606. The number of Topliss-reactive ketones (excluding diaryl/α,β-unsaturated/α-hetero) is 1. The first-order valence-electron chi connectivity index (χ1n) is 4.89. The van der Waals surface area contributed by atoms with Gasteiger partial charge in [-0.1, -0.05) is 24.3 Å². The number of carbonyl (C=O) groups excluding carboxylic acids is 1. The van der Waals surface area contributed by atoms with Gasteiger partial charge in [-0.3, -0.25) is 9.18 Å². The zero-order chi connectivity index (χ0) is 10.8. The molecule has 0 radical (unpaired) electrons. The highest BCUT2D eigenvalue weighted by Gasteiger charge is 2.15. The lowest BCUT2D eigenvalue weighted by atomic mass is 10.0. The average Bonchev–Trinajstić information content (AvgIpc) is 2.60. The van der Waals surface area contributed by atoms with E-state index < -0.39 is 6.67 Å². The molecule has 0 bridgehead atoms. The van der Waals surface area contributed by atoms with Crippen molar-refractivity contribution in [1.29, 1.82) is 0 Å². The molecule has 0 unspecified atom stereocenters. The quantitative estimate of drug-likeness (QED) is 0.769. The van der Waals surface area contributed by atoms with Gasteiger partial charge in [-0.15, -0.1) is 0 Å². The van der Waals surface area contributed by atoms with Gasteiger partial charge < -0.3 is 5.73 Å².